The topological polar surface area (TPSA) is 59.8 Å². The Morgan fingerprint density at radius 1 is 1.42 bits per heavy atom. The third kappa shape index (κ3) is 3.64. The van der Waals surface area contributed by atoms with Crippen molar-refractivity contribution in [3.05, 3.63) is 40.4 Å². The molecule has 5 nitrogen and oxygen atoms in total. The molecule has 6 heteroatoms. The smallest absolute Gasteiger partial charge is 0.226 e. The molecule has 0 fully saturated rings. The summed E-state index contributed by atoms with van der Waals surface area (Å²) in [6.45, 7) is 4.52. The Morgan fingerprint density at radius 2 is 2.21 bits per heavy atom. The Bertz CT molecular complexity index is 557. The number of hydrogen-bond donors (Lipinski definition) is 1. The van der Waals surface area contributed by atoms with Crippen LogP contribution in [0.2, 0.25) is 0 Å². The summed E-state index contributed by atoms with van der Waals surface area (Å²) in [6.07, 6.45) is 3.42. The van der Waals surface area contributed by atoms with Crippen LogP contribution in [0.5, 0.6) is 0 Å². The summed E-state index contributed by atoms with van der Waals surface area (Å²) < 4.78 is 2.54. The fraction of sp³-hybridized carbons (Fsp3) is 0.308. The van der Waals surface area contributed by atoms with Crippen LogP contribution in [0.3, 0.4) is 0 Å². The molecule has 0 spiro atoms. The number of rotatable bonds is 4. The van der Waals surface area contributed by atoms with Crippen molar-refractivity contribution in [2.45, 2.75) is 26.8 Å². The number of carbonyl (C=O) groups excluding carboxylic acids is 1. The van der Waals surface area contributed by atoms with Crippen molar-refractivity contribution in [2.24, 2.45) is 0 Å². The maximum atomic E-state index is 11.9. The summed E-state index contributed by atoms with van der Waals surface area (Å²) >= 11 is 3.47. The van der Waals surface area contributed by atoms with Crippen molar-refractivity contribution in [3.8, 4) is 0 Å². The molecule has 2 rings (SSSR count). The van der Waals surface area contributed by atoms with Crippen molar-refractivity contribution in [2.75, 3.05) is 5.32 Å². The normalized spacial score (nSPS) is 10.5. The monoisotopic (exact) mass is 322 g/mol. The van der Waals surface area contributed by atoms with E-state index in [1.165, 1.54) is 6.33 Å². The fourth-order valence-electron chi connectivity index (χ4n) is 1.84. The first-order valence-corrected chi connectivity index (χ1v) is 6.74. The molecule has 0 aliphatic carbocycles. The zero-order valence-corrected chi connectivity index (χ0v) is 12.4. The molecule has 0 unspecified atom stereocenters. The van der Waals surface area contributed by atoms with Gasteiger partial charge >= 0.3 is 0 Å². The number of aryl methyl sites for hydroxylation is 3. The Balaban J connectivity index is 1.99. The number of benzene rings is 1. The second-order valence-electron chi connectivity index (χ2n) is 4.40. The number of carbonyl (C=O) groups is 1. The number of halogens is 1. The van der Waals surface area contributed by atoms with Gasteiger partial charge in [-0.15, -0.1) is 0 Å². The molecule has 0 radical (unpaired) electrons. The highest BCUT2D eigenvalue weighted by atomic mass is 79.9. The minimum atomic E-state index is -0.0387. The average Bonchev–Trinajstić information content (AvgIpc) is 2.84. The summed E-state index contributed by atoms with van der Waals surface area (Å²) in [5, 5.41) is 6.88. The van der Waals surface area contributed by atoms with Crippen LogP contribution in [0.25, 0.3) is 0 Å². The van der Waals surface area contributed by atoms with E-state index in [1.54, 1.807) is 11.0 Å². The van der Waals surface area contributed by atoms with Crippen LogP contribution in [0, 0.1) is 13.8 Å². The molecule has 0 aliphatic rings. The lowest BCUT2D eigenvalue weighted by molar-refractivity contribution is -0.116. The minimum Gasteiger partial charge on any atom is -0.325 e. The average molecular weight is 323 g/mol. The van der Waals surface area contributed by atoms with E-state index in [4.69, 9.17) is 0 Å². The van der Waals surface area contributed by atoms with Gasteiger partial charge in [0.1, 0.15) is 12.7 Å². The van der Waals surface area contributed by atoms with Gasteiger partial charge in [-0.2, -0.15) is 5.10 Å². The summed E-state index contributed by atoms with van der Waals surface area (Å²) in [4.78, 5) is 15.7. The van der Waals surface area contributed by atoms with Crippen LogP contribution in [0.4, 0.5) is 5.69 Å². The molecule has 0 bridgehead atoms. The molecular formula is C13H15BrN4O. The van der Waals surface area contributed by atoms with Gasteiger partial charge in [0.15, 0.2) is 0 Å². The Morgan fingerprint density at radius 3 is 2.84 bits per heavy atom. The molecule has 1 aromatic heterocycles. The van der Waals surface area contributed by atoms with Crippen molar-refractivity contribution < 1.29 is 4.79 Å². The van der Waals surface area contributed by atoms with Crippen LogP contribution in [-0.2, 0) is 11.3 Å². The maximum Gasteiger partial charge on any atom is 0.226 e. The van der Waals surface area contributed by atoms with Gasteiger partial charge < -0.3 is 5.32 Å². The van der Waals surface area contributed by atoms with Crippen molar-refractivity contribution in [3.63, 3.8) is 0 Å². The molecule has 100 valence electrons. The molecule has 19 heavy (non-hydrogen) atoms. The van der Waals surface area contributed by atoms with Crippen molar-refractivity contribution in [1.82, 2.24) is 14.8 Å². The van der Waals surface area contributed by atoms with Crippen LogP contribution in [0.15, 0.2) is 29.3 Å². The molecule has 1 amide bonds. The van der Waals surface area contributed by atoms with Gasteiger partial charge in [-0.3, -0.25) is 9.48 Å². The van der Waals surface area contributed by atoms with Crippen molar-refractivity contribution >= 4 is 27.5 Å². The zero-order valence-electron chi connectivity index (χ0n) is 10.9. The van der Waals surface area contributed by atoms with Crippen molar-refractivity contribution in [1.29, 1.82) is 0 Å². The minimum absolute atomic E-state index is 0.0387. The van der Waals surface area contributed by atoms with E-state index in [0.29, 0.717) is 13.0 Å². The Kier molecular flexibility index (Phi) is 4.31. The number of nitrogens with one attached hydrogen (secondary N) is 1. The summed E-state index contributed by atoms with van der Waals surface area (Å²) in [7, 11) is 0. The third-order valence-electron chi connectivity index (χ3n) is 2.73. The number of aromatic nitrogens is 3. The van der Waals surface area contributed by atoms with Gasteiger partial charge in [0.2, 0.25) is 5.91 Å². The van der Waals surface area contributed by atoms with Gasteiger partial charge in [0.25, 0.3) is 0 Å². The third-order valence-corrected chi connectivity index (χ3v) is 3.36. The first-order valence-electron chi connectivity index (χ1n) is 5.95. The highest BCUT2D eigenvalue weighted by molar-refractivity contribution is 9.10. The van der Waals surface area contributed by atoms with Gasteiger partial charge in [-0.1, -0.05) is 6.07 Å². The molecule has 1 aromatic carbocycles. The van der Waals surface area contributed by atoms with Crippen LogP contribution >= 0.6 is 15.9 Å². The van der Waals surface area contributed by atoms with Gasteiger partial charge in [0.05, 0.1) is 12.2 Å². The van der Waals surface area contributed by atoms with Gasteiger partial charge in [0, 0.05) is 10.9 Å². The number of hydrogen-bond acceptors (Lipinski definition) is 3. The maximum absolute atomic E-state index is 11.9. The predicted octanol–water partition coefficient (Wildman–Crippen LogP) is 2.69. The molecule has 2 aromatic rings. The van der Waals surface area contributed by atoms with E-state index < -0.39 is 0 Å². The number of nitrogens with zero attached hydrogens (tertiary/aromatic N) is 3. The van der Waals surface area contributed by atoms with Crippen LogP contribution < -0.4 is 5.32 Å². The standard InChI is InChI=1S/C13H15BrN4O/c1-9-5-10(2)13(11(14)6-9)17-12(19)3-4-18-8-15-7-16-18/h5-8H,3-4H2,1-2H3,(H,17,19). The molecule has 1 heterocycles. The lowest BCUT2D eigenvalue weighted by atomic mass is 10.1. The quantitative estimate of drug-likeness (QED) is 0.941. The molecule has 0 saturated heterocycles. The highest BCUT2D eigenvalue weighted by Crippen LogP contribution is 2.27. The van der Waals surface area contributed by atoms with Crippen LogP contribution in [-0.4, -0.2) is 20.7 Å². The van der Waals surface area contributed by atoms with Gasteiger partial charge in [-0.05, 0) is 47.0 Å². The molecule has 1 N–H and O–H groups in total. The Labute approximate surface area is 120 Å². The summed E-state index contributed by atoms with van der Waals surface area (Å²) in [6, 6.07) is 4.03. The first-order chi connectivity index (χ1) is 9.06. The first kappa shape index (κ1) is 13.7. The van der Waals surface area contributed by atoms with Crippen LogP contribution in [0.1, 0.15) is 17.5 Å². The van der Waals surface area contributed by atoms with E-state index in [1.807, 2.05) is 26.0 Å². The molecule has 0 saturated carbocycles. The summed E-state index contributed by atoms with van der Waals surface area (Å²) in [5.74, 6) is -0.0387. The molecule has 0 atom stereocenters. The molecular weight excluding hydrogens is 308 g/mol. The Hall–Kier alpha value is -1.69. The van der Waals surface area contributed by atoms with E-state index >= 15 is 0 Å². The SMILES string of the molecule is Cc1cc(C)c(NC(=O)CCn2cncn2)c(Br)c1. The lowest BCUT2D eigenvalue weighted by Gasteiger charge is -2.11. The van der Waals surface area contributed by atoms with E-state index in [0.717, 1.165) is 21.3 Å². The number of anilines is 1. The predicted molar refractivity (Wildman–Crippen MR) is 76.9 cm³/mol. The van der Waals surface area contributed by atoms with E-state index in [9.17, 15) is 4.79 Å². The fourth-order valence-corrected chi connectivity index (χ4v) is 2.61. The van der Waals surface area contributed by atoms with Gasteiger partial charge in [-0.25, -0.2) is 4.98 Å². The summed E-state index contributed by atoms with van der Waals surface area (Å²) in [5.41, 5.74) is 3.03. The van der Waals surface area contributed by atoms with E-state index in [2.05, 4.69) is 31.3 Å². The highest BCUT2D eigenvalue weighted by Gasteiger charge is 2.09. The zero-order chi connectivity index (χ0) is 13.8. The number of amides is 1. The largest absolute Gasteiger partial charge is 0.325 e. The second kappa shape index (κ2) is 5.97. The molecule has 0 aliphatic heterocycles. The second-order valence-corrected chi connectivity index (χ2v) is 5.25. The van der Waals surface area contributed by atoms with E-state index in [-0.39, 0.29) is 5.91 Å². The lowest BCUT2D eigenvalue weighted by Crippen LogP contribution is -2.15.